The van der Waals surface area contributed by atoms with Crippen LogP contribution < -0.4 is 14.4 Å². The van der Waals surface area contributed by atoms with Gasteiger partial charge in [0.05, 0.1) is 12.3 Å². The van der Waals surface area contributed by atoms with Gasteiger partial charge in [0, 0.05) is 24.7 Å². The molecule has 0 aliphatic rings. The molecule has 1 amide bonds. The molecule has 0 aliphatic carbocycles. The smallest absolute Gasteiger partial charge is 0.273 e. The number of para-hydroxylation sites is 1. The van der Waals surface area contributed by atoms with Crippen LogP contribution in [0.4, 0.5) is 5.69 Å². The van der Waals surface area contributed by atoms with Gasteiger partial charge in [-0.3, -0.25) is 9.10 Å². The summed E-state index contributed by atoms with van der Waals surface area (Å²) in [6.45, 7) is 2.80. The number of thiophene rings is 1. The number of benzene rings is 2. The molecule has 2 aromatic carbocycles. The summed E-state index contributed by atoms with van der Waals surface area (Å²) < 4.78 is 32.3. The molecule has 0 saturated heterocycles. The van der Waals surface area contributed by atoms with E-state index in [1.165, 1.54) is 22.7 Å². The lowest BCUT2D eigenvalue weighted by molar-refractivity contribution is 0.0950. The molecule has 0 saturated carbocycles. The van der Waals surface area contributed by atoms with Crippen LogP contribution in [-0.2, 0) is 16.6 Å². The third-order valence-corrected chi connectivity index (χ3v) is 7.47. The van der Waals surface area contributed by atoms with Crippen LogP contribution in [0.5, 0.6) is 5.75 Å². The van der Waals surface area contributed by atoms with Crippen molar-refractivity contribution < 1.29 is 17.9 Å². The van der Waals surface area contributed by atoms with E-state index in [4.69, 9.17) is 4.74 Å². The monoisotopic (exact) mass is 430 g/mol. The third-order valence-electron chi connectivity index (χ3n) is 4.31. The topological polar surface area (TPSA) is 75.7 Å². The summed E-state index contributed by atoms with van der Waals surface area (Å²) in [6, 6.07) is 17.3. The Morgan fingerprint density at radius 3 is 2.45 bits per heavy atom. The van der Waals surface area contributed by atoms with Gasteiger partial charge >= 0.3 is 0 Å². The minimum atomic E-state index is -3.60. The van der Waals surface area contributed by atoms with Crippen LogP contribution in [-0.4, -0.2) is 28.0 Å². The first-order chi connectivity index (χ1) is 13.9. The summed E-state index contributed by atoms with van der Waals surface area (Å²) in [5.74, 6) is 0.498. The van der Waals surface area contributed by atoms with Gasteiger partial charge in [0.15, 0.2) is 0 Å². The lowest BCUT2D eigenvalue weighted by atomic mass is 10.1. The zero-order valence-electron chi connectivity index (χ0n) is 16.2. The van der Waals surface area contributed by atoms with Crippen LogP contribution in [0, 0.1) is 0 Å². The van der Waals surface area contributed by atoms with Crippen molar-refractivity contribution in [3.8, 4) is 5.75 Å². The summed E-state index contributed by atoms with van der Waals surface area (Å²) in [5.41, 5.74) is 1.82. The summed E-state index contributed by atoms with van der Waals surface area (Å²) in [5, 5.41) is 4.59. The number of ether oxygens (including phenoxy) is 1. The number of nitrogens with one attached hydrogen (secondary N) is 1. The molecule has 0 radical (unpaired) electrons. The molecule has 0 atom stereocenters. The Balaban J connectivity index is 1.68. The molecule has 0 aliphatic heterocycles. The van der Waals surface area contributed by atoms with E-state index in [1.54, 1.807) is 41.8 Å². The molecular weight excluding hydrogens is 408 g/mol. The number of carbonyl (C=O) groups excluding carboxylic acids is 1. The SMILES string of the molecule is CCOc1ccccc1CNC(=O)c1ccc(N(C)S(=O)(=O)c2cccs2)cc1. The number of hydrogen-bond donors (Lipinski definition) is 1. The van der Waals surface area contributed by atoms with Gasteiger partial charge in [0.2, 0.25) is 0 Å². The van der Waals surface area contributed by atoms with E-state index in [2.05, 4.69) is 5.32 Å². The molecule has 1 N–H and O–H groups in total. The van der Waals surface area contributed by atoms with E-state index in [9.17, 15) is 13.2 Å². The number of amides is 1. The van der Waals surface area contributed by atoms with Gasteiger partial charge < -0.3 is 10.1 Å². The molecule has 1 aromatic heterocycles. The van der Waals surface area contributed by atoms with Crippen LogP contribution in [0.1, 0.15) is 22.8 Å². The molecule has 3 rings (SSSR count). The highest BCUT2D eigenvalue weighted by atomic mass is 32.2. The summed E-state index contributed by atoms with van der Waals surface area (Å²) in [7, 11) is -2.11. The van der Waals surface area contributed by atoms with E-state index in [1.807, 2.05) is 31.2 Å². The van der Waals surface area contributed by atoms with E-state index in [-0.39, 0.29) is 10.1 Å². The maximum Gasteiger partial charge on any atom is 0.273 e. The van der Waals surface area contributed by atoms with Gasteiger partial charge in [-0.25, -0.2) is 8.42 Å². The number of nitrogens with zero attached hydrogens (tertiary/aromatic N) is 1. The highest BCUT2D eigenvalue weighted by molar-refractivity contribution is 7.94. The average molecular weight is 431 g/mol. The fourth-order valence-corrected chi connectivity index (χ4v) is 5.09. The zero-order valence-corrected chi connectivity index (χ0v) is 17.8. The minimum absolute atomic E-state index is 0.244. The quantitative estimate of drug-likeness (QED) is 0.588. The van der Waals surface area contributed by atoms with Crippen molar-refractivity contribution in [3.05, 3.63) is 77.2 Å². The Kier molecular flexibility index (Phi) is 6.56. The highest BCUT2D eigenvalue weighted by Crippen LogP contribution is 2.25. The predicted octanol–water partition coefficient (Wildman–Crippen LogP) is 3.90. The van der Waals surface area contributed by atoms with Crippen molar-refractivity contribution in [1.82, 2.24) is 5.32 Å². The molecule has 1 heterocycles. The first-order valence-electron chi connectivity index (χ1n) is 9.05. The number of anilines is 1. The van der Waals surface area contributed by atoms with Crippen molar-refractivity contribution in [3.63, 3.8) is 0 Å². The lowest BCUT2D eigenvalue weighted by Crippen LogP contribution is -2.26. The van der Waals surface area contributed by atoms with Crippen molar-refractivity contribution in [1.29, 1.82) is 0 Å². The second-order valence-electron chi connectivity index (χ2n) is 6.17. The molecule has 0 unspecified atom stereocenters. The minimum Gasteiger partial charge on any atom is -0.494 e. The number of carbonyl (C=O) groups is 1. The van der Waals surface area contributed by atoms with Crippen LogP contribution in [0.15, 0.2) is 70.3 Å². The lowest BCUT2D eigenvalue weighted by Gasteiger charge is -2.18. The number of hydrogen-bond acceptors (Lipinski definition) is 5. The molecule has 0 spiro atoms. The predicted molar refractivity (Wildman–Crippen MR) is 115 cm³/mol. The molecule has 152 valence electrons. The van der Waals surface area contributed by atoms with Gasteiger partial charge in [-0.1, -0.05) is 24.3 Å². The molecule has 3 aromatic rings. The molecule has 8 heteroatoms. The van der Waals surface area contributed by atoms with Crippen LogP contribution >= 0.6 is 11.3 Å². The Labute approximate surface area is 174 Å². The Bertz CT molecular complexity index is 1060. The van der Waals surface area contributed by atoms with E-state index < -0.39 is 10.0 Å². The second kappa shape index (κ2) is 9.11. The summed E-state index contributed by atoms with van der Waals surface area (Å²) in [4.78, 5) is 12.5. The van der Waals surface area contributed by atoms with Gasteiger partial charge in [-0.2, -0.15) is 0 Å². The maximum atomic E-state index is 12.6. The fourth-order valence-electron chi connectivity index (χ4n) is 2.73. The molecular formula is C21H22N2O4S2. The van der Waals surface area contributed by atoms with Gasteiger partial charge in [-0.15, -0.1) is 11.3 Å². The third kappa shape index (κ3) is 4.78. The van der Waals surface area contributed by atoms with E-state index in [0.717, 1.165) is 11.3 Å². The van der Waals surface area contributed by atoms with Crippen LogP contribution in [0.25, 0.3) is 0 Å². The van der Waals surface area contributed by atoms with Crippen molar-refractivity contribution >= 4 is 33.0 Å². The Hall–Kier alpha value is -2.84. The van der Waals surface area contributed by atoms with Crippen LogP contribution in [0.3, 0.4) is 0 Å². The van der Waals surface area contributed by atoms with Crippen molar-refractivity contribution in [2.24, 2.45) is 0 Å². The Morgan fingerprint density at radius 2 is 1.79 bits per heavy atom. The van der Waals surface area contributed by atoms with Crippen molar-refractivity contribution in [2.45, 2.75) is 17.7 Å². The normalized spacial score (nSPS) is 11.1. The van der Waals surface area contributed by atoms with E-state index in [0.29, 0.717) is 24.4 Å². The molecule has 6 nitrogen and oxygen atoms in total. The number of sulfonamides is 1. The maximum absolute atomic E-state index is 12.6. The largest absolute Gasteiger partial charge is 0.494 e. The standard InChI is InChI=1S/C21H22N2O4S2/c1-3-27-19-8-5-4-7-17(19)15-22-21(24)16-10-12-18(13-11-16)23(2)29(25,26)20-9-6-14-28-20/h4-14H,3,15H2,1-2H3,(H,22,24). The first-order valence-corrected chi connectivity index (χ1v) is 11.4. The molecule has 29 heavy (non-hydrogen) atoms. The summed E-state index contributed by atoms with van der Waals surface area (Å²) in [6.07, 6.45) is 0. The van der Waals surface area contributed by atoms with E-state index >= 15 is 0 Å². The van der Waals surface area contributed by atoms with Gasteiger partial charge in [0.1, 0.15) is 9.96 Å². The fraction of sp³-hybridized carbons (Fsp3) is 0.190. The highest BCUT2D eigenvalue weighted by Gasteiger charge is 2.22. The zero-order chi connectivity index (χ0) is 20.9. The van der Waals surface area contributed by atoms with Crippen LogP contribution in [0.2, 0.25) is 0 Å². The molecule has 0 fully saturated rings. The van der Waals surface area contributed by atoms with Crippen molar-refractivity contribution in [2.75, 3.05) is 18.0 Å². The summed E-state index contributed by atoms with van der Waals surface area (Å²) >= 11 is 1.17. The Morgan fingerprint density at radius 1 is 1.07 bits per heavy atom. The number of rotatable bonds is 8. The molecule has 0 bridgehead atoms. The second-order valence-corrected chi connectivity index (χ2v) is 9.32. The van der Waals surface area contributed by atoms with Gasteiger partial charge in [0.25, 0.3) is 15.9 Å². The first kappa shape index (κ1) is 20.9. The average Bonchev–Trinajstić information content (AvgIpc) is 3.28. The van der Waals surface area contributed by atoms with Gasteiger partial charge in [-0.05, 0) is 48.7 Å².